The molecule has 3 N–H and O–H groups in total. The predicted octanol–water partition coefficient (Wildman–Crippen LogP) is 1.23. The average Bonchev–Trinajstić information content (AvgIpc) is 2.27. The summed E-state index contributed by atoms with van der Waals surface area (Å²) in [5.41, 5.74) is 5.84. The highest BCUT2D eigenvalue weighted by atomic mass is 16.3. The van der Waals surface area contributed by atoms with E-state index in [9.17, 15) is 9.90 Å². The predicted molar refractivity (Wildman–Crippen MR) is 73.0 cm³/mol. The summed E-state index contributed by atoms with van der Waals surface area (Å²) < 4.78 is 0. The lowest BCUT2D eigenvalue weighted by Crippen LogP contribution is -2.49. The molecule has 3 unspecified atom stereocenters. The lowest BCUT2D eigenvalue weighted by atomic mass is 9.83. The molecule has 0 aromatic rings. The number of hydrogen-bond donors (Lipinski definition) is 2. The van der Waals surface area contributed by atoms with Crippen molar-refractivity contribution in [1.29, 1.82) is 0 Å². The van der Waals surface area contributed by atoms with Crippen LogP contribution in [0.4, 0.5) is 0 Å². The van der Waals surface area contributed by atoms with Gasteiger partial charge in [-0.2, -0.15) is 0 Å². The third-order valence-electron chi connectivity index (χ3n) is 3.72. The lowest BCUT2D eigenvalue weighted by molar-refractivity contribution is -0.140. The van der Waals surface area contributed by atoms with E-state index >= 15 is 0 Å². The van der Waals surface area contributed by atoms with E-state index in [0.717, 1.165) is 19.4 Å². The van der Waals surface area contributed by atoms with Crippen LogP contribution in [0, 0.1) is 17.3 Å². The molecule has 0 spiro atoms. The second kappa shape index (κ2) is 6.02. The molecule has 18 heavy (non-hydrogen) atoms. The molecule has 4 nitrogen and oxygen atoms in total. The van der Waals surface area contributed by atoms with Gasteiger partial charge in [-0.3, -0.25) is 4.79 Å². The molecule has 1 aliphatic heterocycles. The number of nitrogens with two attached hydrogens (primary N) is 1. The van der Waals surface area contributed by atoms with Crippen molar-refractivity contribution in [2.24, 2.45) is 23.0 Å². The maximum atomic E-state index is 12.4. The van der Waals surface area contributed by atoms with E-state index in [1.165, 1.54) is 0 Å². The summed E-state index contributed by atoms with van der Waals surface area (Å²) in [4.78, 5) is 14.2. The van der Waals surface area contributed by atoms with Crippen LogP contribution < -0.4 is 5.73 Å². The van der Waals surface area contributed by atoms with Crippen molar-refractivity contribution >= 4 is 5.91 Å². The number of carbonyl (C=O) groups excluding carboxylic acids is 1. The van der Waals surface area contributed by atoms with Crippen LogP contribution in [0.5, 0.6) is 0 Å². The van der Waals surface area contributed by atoms with Crippen LogP contribution in [0.2, 0.25) is 0 Å². The minimum Gasteiger partial charge on any atom is -0.391 e. The fraction of sp³-hybridized carbons (Fsp3) is 0.929. The van der Waals surface area contributed by atoms with E-state index in [0.29, 0.717) is 13.1 Å². The van der Waals surface area contributed by atoms with Gasteiger partial charge in [-0.15, -0.1) is 0 Å². The Kier molecular flexibility index (Phi) is 5.17. The third-order valence-corrected chi connectivity index (χ3v) is 3.72. The van der Waals surface area contributed by atoms with Crippen LogP contribution in [0.3, 0.4) is 0 Å². The Morgan fingerprint density at radius 1 is 1.50 bits per heavy atom. The molecule has 3 atom stereocenters. The van der Waals surface area contributed by atoms with Gasteiger partial charge in [-0.1, -0.05) is 27.7 Å². The summed E-state index contributed by atoms with van der Waals surface area (Å²) in [6.45, 7) is 9.99. The molecule has 0 radical (unpaired) electrons. The highest BCUT2D eigenvalue weighted by Gasteiger charge is 2.32. The van der Waals surface area contributed by atoms with E-state index in [1.54, 1.807) is 4.90 Å². The maximum Gasteiger partial charge on any atom is 0.227 e. The minimum absolute atomic E-state index is 0.0986. The number of hydrogen-bond acceptors (Lipinski definition) is 3. The van der Waals surface area contributed by atoms with E-state index in [2.05, 4.69) is 20.8 Å². The van der Waals surface area contributed by atoms with Crippen LogP contribution in [0.25, 0.3) is 0 Å². The molecule has 0 saturated carbocycles. The molecule has 106 valence electrons. The van der Waals surface area contributed by atoms with Crippen molar-refractivity contribution in [3.63, 3.8) is 0 Å². The van der Waals surface area contributed by atoms with Crippen molar-refractivity contribution in [2.45, 2.75) is 46.6 Å². The van der Waals surface area contributed by atoms with Gasteiger partial charge in [-0.05, 0) is 24.2 Å². The van der Waals surface area contributed by atoms with Gasteiger partial charge in [0.15, 0.2) is 0 Å². The molecule has 1 saturated heterocycles. The summed E-state index contributed by atoms with van der Waals surface area (Å²) in [5.74, 6) is 0.275. The zero-order chi connectivity index (χ0) is 13.9. The van der Waals surface area contributed by atoms with Crippen LogP contribution in [-0.4, -0.2) is 41.7 Å². The van der Waals surface area contributed by atoms with Gasteiger partial charge < -0.3 is 15.7 Å². The second-order valence-electron chi connectivity index (χ2n) is 6.81. The van der Waals surface area contributed by atoms with Crippen LogP contribution in [0.15, 0.2) is 0 Å². The molecule has 1 heterocycles. The average molecular weight is 256 g/mol. The number of amides is 1. The zero-order valence-electron chi connectivity index (χ0n) is 12.1. The summed E-state index contributed by atoms with van der Waals surface area (Å²) >= 11 is 0. The topological polar surface area (TPSA) is 66.6 Å². The number of nitrogens with zero attached hydrogens (tertiary/aromatic N) is 1. The Hall–Kier alpha value is -0.610. The number of piperidine rings is 1. The summed E-state index contributed by atoms with van der Waals surface area (Å²) in [5, 5.41) is 9.86. The first-order chi connectivity index (χ1) is 8.24. The highest BCUT2D eigenvalue weighted by Crippen LogP contribution is 2.26. The molecule has 0 aliphatic carbocycles. The smallest absolute Gasteiger partial charge is 0.227 e. The maximum absolute atomic E-state index is 12.4. The number of carbonyl (C=O) groups is 1. The molecular weight excluding hydrogens is 228 g/mol. The fourth-order valence-corrected chi connectivity index (χ4v) is 2.52. The van der Waals surface area contributed by atoms with Gasteiger partial charge in [0.25, 0.3) is 0 Å². The Balaban J connectivity index is 2.62. The molecule has 0 bridgehead atoms. The van der Waals surface area contributed by atoms with Crippen molar-refractivity contribution in [3.8, 4) is 0 Å². The SMILES string of the molecule is CC1CCN(C(=O)C(CN)CC(C)(C)C)CC1O. The van der Waals surface area contributed by atoms with Crippen molar-refractivity contribution in [2.75, 3.05) is 19.6 Å². The normalized spacial score (nSPS) is 27.1. The summed E-state index contributed by atoms with van der Waals surface area (Å²) in [6.07, 6.45) is 1.28. The van der Waals surface area contributed by atoms with Gasteiger partial charge in [0.05, 0.1) is 12.0 Å². The molecule has 0 aromatic heterocycles. The van der Waals surface area contributed by atoms with Gasteiger partial charge in [0.2, 0.25) is 5.91 Å². The molecule has 1 rings (SSSR count). The Morgan fingerprint density at radius 3 is 2.56 bits per heavy atom. The molecule has 0 aromatic carbocycles. The monoisotopic (exact) mass is 256 g/mol. The number of aliphatic hydroxyl groups is 1. The Bertz CT molecular complexity index is 286. The summed E-state index contributed by atoms with van der Waals surface area (Å²) in [6, 6.07) is 0. The number of β-amino-alcohol motifs (C(OH)–C–C–N with tert-alkyl or cyclic N) is 1. The van der Waals surface area contributed by atoms with Crippen LogP contribution in [-0.2, 0) is 4.79 Å². The molecule has 1 aliphatic rings. The summed E-state index contributed by atoms with van der Waals surface area (Å²) in [7, 11) is 0. The van der Waals surface area contributed by atoms with Crippen molar-refractivity contribution < 1.29 is 9.90 Å². The fourth-order valence-electron chi connectivity index (χ4n) is 2.52. The first-order valence-corrected chi connectivity index (χ1v) is 6.91. The highest BCUT2D eigenvalue weighted by molar-refractivity contribution is 5.79. The first-order valence-electron chi connectivity index (χ1n) is 6.91. The first kappa shape index (κ1) is 15.4. The molecule has 1 amide bonds. The van der Waals surface area contributed by atoms with Crippen molar-refractivity contribution in [1.82, 2.24) is 4.90 Å². The standard InChI is InChI=1S/C14H28N2O2/c1-10-5-6-16(9-12(10)17)13(18)11(8-15)7-14(2,3)4/h10-12,17H,5-9,15H2,1-4H3. The molecular formula is C14H28N2O2. The number of aliphatic hydroxyl groups excluding tert-OH is 1. The zero-order valence-corrected chi connectivity index (χ0v) is 12.1. The van der Waals surface area contributed by atoms with Gasteiger partial charge >= 0.3 is 0 Å². The Morgan fingerprint density at radius 2 is 2.11 bits per heavy atom. The Labute approximate surface area is 111 Å². The van der Waals surface area contributed by atoms with E-state index in [1.807, 2.05) is 6.92 Å². The third kappa shape index (κ3) is 4.25. The number of likely N-dealkylation sites (tertiary alicyclic amines) is 1. The van der Waals surface area contributed by atoms with E-state index in [-0.39, 0.29) is 23.2 Å². The van der Waals surface area contributed by atoms with E-state index in [4.69, 9.17) is 5.73 Å². The van der Waals surface area contributed by atoms with Crippen LogP contribution >= 0.6 is 0 Å². The molecule has 1 fully saturated rings. The molecule has 4 heteroatoms. The van der Waals surface area contributed by atoms with Crippen LogP contribution in [0.1, 0.15) is 40.5 Å². The minimum atomic E-state index is -0.393. The van der Waals surface area contributed by atoms with Gasteiger partial charge in [-0.25, -0.2) is 0 Å². The quantitative estimate of drug-likeness (QED) is 0.798. The van der Waals surface area contributed by atoms with Gasteiger partial charge in [0.1, 0.15) is 0 Å². The van der Waals surface area contributed by atoms with Crippen molar-refractivity contribution in [3.05, 3.63) is 0 Å². The lowest BCUT2D eigenvalue weighted by Gasteiger charge is -2.37. The largest absolute Gasteiger partial charge is 0.391 e. The van der Waals surface area contributed by atoms with E-state index < -0.39 is 6.10 Å². The second-order valence-corrected chi connectivity index (χ2v) is 6.81. The van der Waals surface area contributed by atoms with Gasteiger partial charge in [0, 0.05) is 19.6 Å². The number of rotatable bonds is 3.